The van der Waals surface area contributed by atoms with Crippen molar-refractivity contribution in [3.8, 4) is 0 Å². The molecule has 0 aliphatic rings. The average molecular weight is 291 g/mol. The van der Waals surface area contributed by atoms with Crippen LogP contribution in [-0.4, -0.2) is 11.9 Å². The number of amides is 1. The van der Waals surface area contributed by atoms with Crippen LogP contribution in [-0.2, 0) is 11.2 Å². The number of hydrogen-bond donors (Lipinski definition) is 1. The molecule has 1 aromatic carbocycles. The lowest BCUT2D eigenvalue weighted by molar-refractivity contribution is -0.126. The molecule has 3 unspecified atom stereocenters. The van der Waals surface area contributed by atoms with Gasteiger partial charge in [0, 0.05) is 12.0 Å². The second kappa shape index (κ2) is 11.4. The Balaban J connectivity index is 0.00000191. The highest BCUT2D eigenvalue weighted by atomic mass is 16.1. The van der Waals surface area contributed by atoms with E-state index in [-0.39, 0.29) is 17.9 Å². The second-order valence-corrected chi connectivity index (χ2v) is 5.65. The van der Waals surface area contributed by atoms with E-state index in [4.69, 9.17) is 0 Å². The first kappa shape index (κ1) is 19.7. The molecule has 21 heavy (non-hydrogen) atoms. The summed E-state index contributed by atoms with van der Waals surface area (Å²) in [5, 5.41) is 3.11. The summed E-state index contributed by atoms with van der Waals surface area (Å²) in [7, 11) is 0. The molecule has 2 nitrogen and oxygen atoms in total. The molecule has 1 aromatic rings. The average Bonchev–Trinajstić information content (AvgIpc) is 2.49. The highest BCUT2D eigenvalue weighted by molar-refractivity contribution is 5.78. The Labute approximate surface area is 131 Å². The van der Waals surface area contributed by atoms with Gasteiger partial charge < -0.3 is 5.32 Å². The fraction of sp³-hybridized carbons (Fsp3) is 0.632. The van der Waals surface area contributed by atoms with Crippen molar-refractivity contribution in [2.75, 3.05) is 0 Å². The van der Waals surface area contributed by atoms with Crippen molar-refractivity contribution >= 4 is 5.91 Å². The second-order valence-electron chi connectivity index (χ2n) is 5.65. The molecule has 0 fully saturated rings. The van der Waals surface area contributed by atoms with E-state index < -0.39 is 0 Å². The fourth-order valence-electron chi connectivity index (χ4n) is 2.30. The normalized spacial score (nSPS) is 14.4. The van der Waals surface area contributed by atoms with Crippen LogP contribution in [0.4, 0.5) is 0 Å². The van der Waals surface area contributed by atoms with E-state index in [1.54, 1.807) is 0 Å². The summed E-state index contributed by atoms with van der Waals surface area (Å²) in [6.07, 6.45) is 3.11. The number of hydrogen-bond acceptors (Lipinski definition) is 1. The molecule has 0 aliphatic carbocycles. The lowest BCUT2D eigenvalue weighted by Crippen LogP contribution is -2.38. The van der Waals surface area contributed by atoms with Crippen LogP contribution in [0.3, 0.4) is 0 Å². The minimum atomic E-state index is 0.0551. The van der Waals surface area contributed by atoms with Crippen molar-refractivity contribution in [2.24, 2.45) is 11.8 Å². The van der Waals surface area contributed by atoms with Crippen LogP contribution in [0, 0.1) is 11.8 Å². The lowest BCUT2D eigenvalue weighted by Gasteiger charge is -2.22. The predicted molar refractivity (Wildman–Crippen MR) is 92.3 cm³/mol. The highest BCUT2D eigenvalue weighted by Gasteiger charge is 2.21. The zero-order valence-electron chi connectivity index (χ0n) is 14.6. The third-order valence-electron chi connectivity index (χ3n) is 3.78. The summed E-state index contributed by atoms with van der Waals surface area (Å²) in [5.41, 5.74) is 1.30. The van der Waals surface area contributed by atoms with E-state index in [9.17, 15) is 4.79 Å². The molecule has 0 spiro atoms. The van der Waals surface area contributed by atoms with Gasteiger partial charge in [-0.2, -0.15) is 0 Å². The van der Waals surface area contributed by atoms with Gasteiger partial charge in [0.05, 0.1) is 0 Å². The summed E-state index contributed by atoms with van der Waals surface area (Å²) < 4.78 is 0. The summed E-state index contributed by atoms with van der Waals surface area (Å²) in [4.78, 5) is 12.1. The maximum atomic E-state index is 12.1. The Morgan fingerprint density at radius 3 is 2.19 bits per heavy atom. The molecule has 1 rings (SSSR count). The van der Waals surface area contributed by atoms with Crippen LogP contribution in [0.2, 0.25) is 0 Å². The van der Waals surface area contributed by atoms with Crippen LogP contribution < -0.4 is 5.32 Å². The monoisotopic (exact) mass is 291 g/mol. The number of rotatable bonds is 7. The number of nitrogens with one attached hydrogen (secondary N) is 1. The first-order chi connectivity index (χ1) is 10.0. The molecule has 120 valence electrons. The van der Waals surface area contributed by atoms with Crippen LogP contribution in [0.5, 0.6) is 0 Å². The van der Waals surface area contributed by atoms with E-state index in [0.717, 1.165) is 19.3 Å². The smallest absolute Gasteiger partial charge is 0.223 e. The van der Waals surface area contributed by atoms with Crippen molar-refractivity contribution in [1.82, 2.24) is 5.32 Å². The molecule has 0 heterocycles. The first-order valence-corrected chi connectivity index (χ1v) is 8.38. The molecule has 0 saturated heterocycles. The minimum Gasteiger partial charge on any atom is -0.353 e. The Hall–Kier alpha value is -1.31. The fourth-order valence-corrected chi connectivity index (χ4v) is 2.30. The predicted octanol–water partition coefficient (Wildman–Crippen LogP) is 4.83. The summed E-state index contributed by atoms with van der Waals surface area (Å²) in [5.74, 6) is 0.597. The van der Waals surface area contributed by atoms with E-state index >= 15 is 0 Å². The van der Waals surface area contributed by atoms with E-state index in [0.29, 0.717) is 5.92 Å². The van der Waals surface area contributed by atoms with Crippen LogP contribution in [0.25, 0.3) is 0 Å². The first-order valence-electron chi connectivity index (χ1n) is 8.38. The highest BCUT2D eigenvalue weighted by Crippen LogP contribution is 2.17. The van der Waals surface area contributed by atoms with Gasteiger partial charge in [-0.1, -0.05) is 71.4 Å². The summed E-state index contributed by atoms with van der Waals surface area (Å²) >= 11 is 0. The largest absolute Gasteiger partial charge is 0.353 e. The molecule has 3 atom stereocenters. The van der Waals surface area contributed by atoms with Gasteiger partial charge in [-0.25, -0.2) is 0 Å². The number of carbonyl (C=O) groups is 1. The van der Waals surface area contributed by atoms with E-state index in [2.05, 4.69) is 50.4 Å². The molecular formula is C19H33NO. The van der Waals surface area contributed by atoms with Gasteiger partial charge >= 0.3 is 0 Å². The van der Waals surface area contributed by atoms with Crippen molar-refractivity contribution in [2.45, 2.75) is 66.8 Å². The van der Waals surface area contributed by atoms with E-state index in [1.165, 1.54) is 5.56 Å². The molecule has 1 amide bonds. The molecule has 1 N–H and O–H groups in total. The van der Waals surface area contributed by atoms with Gasteiger partial charge in [0.25, 0.3) is 0 Å². The van der Waals surface area contributed by atoms with Crippen molar-refractivity contribution < 1.29 is 4.79 Å². The van der Waals surface area contributed by atoms with Gasteiger partial charge in [0.15, 0.2) is 0 Å². The molecule has 0 radical (unpaired) electrons. The molecule has 0 aromatic heterocycles. The van der Waals surface area contributed by atoms with Gasteiger partial charge in [-0.05, 0) is 31.2 Å². The van der Waals surface area contributed by atoms with Crippen LogP contribution in [0.15, 0.2) is 30.3 Å². The molecule has 0 aliphatic heterocycles. The Bertz CT molecular complexity index is 374. The third kappa shape index (κ3) is 7.89. The topological polar surface area (TPSA) is 29.1 Å². The number of carbonyl (C=O) groups excluding carboxylic acids is 1. The molecule has 2 heteroatoms. The van der Waals surface area contributed by atoms with Crippen LogP contribution >= 0.6 is 0 Å². The quantitative estimate of drug-likeness (QED) is 0.765. The van der Waals surface area contributed by atoms with Gasteiger partial charge in [-0.3, -0.25) is 4.79 Å². The molecule has 0 saturated carbocycles. The summed E-state index contributed by atoms with van der Waals surface area (Å²) in [6.45, 7) is 12.4. The zero-order valence-corrected chi connectivity index (χ0v) is 14.6. The Morgan fingerprint density at radius 1 is 1.10 bits per heavy atom. The third-order valence-corrected chi connectivity index (χ3v) is 3.78. The van der Waals surface area contributed by atoms with E-state index in [1.807, 2.05) is 26.8 Å². The standard InChI is InChI=1S/C17H27NO.C2H6/c1-5-9-14(3)18-17(19)15(4)13(2)12-16-10-7-6-8-11-16;1-2/h6-8,10-11,13-15H,5,9,12H2,1-4H3,(H,18,19);1-2H3. The SMILES string of the molecule is CC.CCCC(C)NC(=O)C(C)C(C)Cc1ccccc1. The van der Waals surface area contributed by atoms with Crippen molar-refractivity contribution in [3.63, 3.8) is 0 Å². The van der Waals surface area contributed by atoms with Gasteiger partial charge in [-0.15, -0.1) is 0 Å². The number of benzene rings is 1. The lowest BCUT2D eigenvalue weighted by atomic mass is 9.89. The van der Waals surface area contributed by atoms with Crippen molar-refractivity contribution in [3.05, 3.63) is 35.9 Å². The van der Waals surface area contributed by atoms with Gasteiger partial charge in [0.2, 0.25) is 5.91 Å². The minimum absolute atomic E-state index is 0.0551. The van der Waals surface area contributed by atoms with Crippen molar-refractivity contribution in [1.29, 1.82) is 0 Å². The maximum absolute atomic E-state index is 12.1. The molecule has 0 bridgehead atoms. The van der Waals surface area contributed by atoms with Crippen LogP contribution in [0.1, 0.15) is 59.9 Å². The summed E-state index contributed by atoms with van der Waals surface area (Å²) in [6, 6.07) is 10.7. The molecular weight excluding hydrogens is 258 g/mol. The Kier molecular flexibility index (Phi) is 10.7. The zero-order chi connectivity index (χ0) is 16.3. The van der Waals surface area contributed by atoms with Gasteiger partial charge in [0.1, 0.15) is 0 Å². The maximum Gasteiger partial charge on any atom is 0.223 e. The Morgan fingerprint density at radius 2 is 1.67 bits per heavy atom.